The van der Waals surface area contributed by atoms with Gasteiger partial charge in [0.25, 0.3) is 0 Å². The standard InChI is InChI=1S/C7H12O4S2/c1-4(6(8)9)12-3-13-5(2)7(10)11/h4-5H,3H2,1-2H3,(H,8,9)(H,10,11)/t4-,5+. The Morgan fingerprint density at radius 2 is 1.38 bits per heavy atom. The van der Waals surface area contributed by atoms with Gasteiger partial charge in [-0.15, -0.1) is 23.5 Å². The lowest BCUT2D eigenvalue weighted by Crippen LogP contribution is -2.14. The van der Waals surface area contributed by atoms with E-state index >= 15 is 0 Å². The van der Waals surface area contributed by atoms with Gasteiger partial charge in [0.15, 0.2) is 0 Å². The summed E-state index contributed by atoms with van der Waals surface area (Å²) >= 11 is 2.46. The minimum atomic E-state index is -0.867. The van der Waals surface area contributed by atoms with Gasteiger partial charge in [0, 0.05) is 5.08 Å². The van der Waals surface area contributed by atoms with Crippen LogP contribution in [-0.4, -0.2) is 37.7 Å². The highest BCUT2D eigenvalue weighted by Crippen LogP contribution is 2.21. The van der Waals surface area contributed by atoms with Crippen LogP contribution in [0.1, 0.15) is 13.8 Å². The molecular weight excluding hydrogens is 212 g/mol. The maximum Gasteiger partial charge on any atom is 0.316 e. The van der Waals surface area contributed by atoms with Gasteiger partial charge in [-0.2, -0.15) is 0 Å². The van der Waals surface area contributed by atoms with Crippen LogP contribution in [0.5, 0.6) is 0 Å². The zero-order valence-corrected chi connectivity index (χ0v) is 9.02. The first-order valence-corrected chi connectivity index (χ1v) is 5.73. The van der Waals surface area contributed by atoms with Crippen LogP contribution < -0.4 is 0 Å². The third-order valence-corrected chi connectivity index (χ3v) is 3.82. The molecule has 0 unspecified atom stereocenters. The molecule has 2 N–H and O–H groups in total. The quantitative estimate of drug-likeness (QED) is 0.663. The van der Waals surface area contributed by atoms with Gasteiger partial charge in [-0.3, -0.25) is 9.59 Å². The van der Waals surface area contributed by atoms with Gasteiger partial charge in [-0.1, -0.05) is 0 Å². The predicted molar refractivity (Wildman–Crippen MR) is 54.2 cm³/mol. The smallest absolute Gasteiger partial charge is 0.316 e. The van der Waals surface area contributed by atoms with E-state index < -0.39 is 22.4 Å². The molecule has 0 radical (unpaired) electrons. The van der Waals surface area contributed by atoms with Crippen molar-refractivity contribution >= 4 is 35.5 Å². The Balaban J connectivity index is 3.56. The minimum absolute atomic E-state index is 0.478. The summed E-state index contributed by atoms with van der Waals surface area (Å²) in [6.45, 7) is 3.16. The van der Waals surface area contributed by atoms with Gasteiger partial charge in [-0.25, -0.2) is 0 Å². The number of aliphatic carboxylic acids is 2. The number of hydrogen-bond donors (Lipinski definition) is 2. The monoisotopic (exact) mass is 224 g/mol. The topological polar surface area (TPSA) is 74.6 Å². The molecule has 0 fully saturated rings. The number of hydrogen-bond acceptors (Lipinski definition) is 4. The first-order chi connectivity index (χ1) is 5.95. The van der Waals surface area contributed by atoms with E-state index in [0.29, 0.717) is 5.08 Å². The van der Waals surface area contributed by atoms with Crippen molar-refractivity contribution in [3.63, 3.8) is 0 Å². The van der Waals surface area contributed by atoms with Gasteiger partial charge in [-0.05, 0) is 13.8 Å². The van der Waals surface area contributed by atoms with E-state index in [4.69, 9.17) is 10.2 Å². The molecule has 0 rings (SSSR count). The molecule has 0 amide bonds. The largest absolute Gasteiger partial charge is 0.480 e. The van der Waals surface area contributed by atoms with Gasteiger partial charge in [0.1, 0.15) is 10.5 Å². The third-order valence-electron chi connectivity index (χ3n) is 1.33. The fourth-order valence-corrected chi connectivity index (χ4v) is 2.62. The fourth-order valence-electron chi connectivity index (χ4n) is 0.386. The molecule has 4 nitrogen and oxygen atoms in total. The second kappa shape index (κ2) is 6.15. The summed E-state index contributed by atoms with van der Waals surface area (Å²) < 4.78 is 0. The summed E-state index contributed by atoms with van der Waals surface area (Å²) in [5, 5.41) is 16.6. The van der Waals surface area contributed by atoms with E-state index in [1.54, 1.807) is 13.8 Å². The van der Waals surface area contributed by atoms with Crippen LogP contribution in [0.4, 0.5) is 0 Å². The zero-order valence-electron chi connectivity index (χ0n) is 7.39. The number of carbonyl (C=O) groups is 2. The van der Waals surface area contributed by atoms with Gasteiger partial charge in [0.05, 0.1) is 0 Å². The average Bonchev–Trinajstić information content (AvgIpc) is 2.03. The Hall–Kier alpha value is -0.360. The van der Waals surface area contributed by atoms with Crippen molar-refractivity contribution in [2.75, 3.05) is 5.08 Å². The second-order valence-electron chi connectivity index (χ2n) is 2.41. The molecule has 0 saturated carbocycles. The fraction of sp³-hybridized carbons (Fsp3) is 0.714. The van der Waals surface area contributed by atoms with E-state index in [2.05, 4.69) is 0 Å². The Morgan fingerprint density at radius 3 is 1.62 bits per heavy atom. The number of rotatable bonds is 6. The molecule has 13 heavy (non-hydrogen) atoms. The van der Waals surface area contributed by atoms with Crippen LogP contribution >= 0.6 is 23.5 Å². The van der Waals surface area contributed by atoms with Crippen molar-refractivity contribution in [1.82, 2.24) is 0 Å². The van der Waals surface area contributed by atoms with Crippen LogP contribution in [0.25, 0.3) is 0 Å². The molecule has 0 aromatic carbocycles. The van der Waals surface area contributed by atoms with Crippen LogP contribution in [0.3, 0.4) is 0 Å². The predicted octanol–water partition coefficient (Wildman–Crippen LogP) is 1.36. The number of carboxylic acid groups (broad SMARTS) is 2. The first kappa shape index (κ1) is 12.6. The Bertz CT molecular complexity index is 175. The molecule has 76 valence electrons. The lowest BCUT2D eigenvalue weighted by atomic mass is 10.5. The minimum Gasteiger partial charge on any atom is -0.480 e. The van der Waals surface area contributed by atoms with Crippen LogP contribution in [0, 0.1) is 0 Å². The van der Waals surface area contributed by atoms with Crippen molar-refractivity contribution in [2.24, 2.45) is 0 Å². The van der Waals surface area contributed by atoms with Crippen molar-refractivity contribution in [1.29, 1.82) is 0 Å². The Morgan fingerprint density at radius 1 is 1.08 bits per heavy atom. The van der Waals surface area contributed by atoms with Crippen molar-refractivity contribution in [3.8, 4) is 0 Å². The number of carboxylic acids is 2. The van der Waals surface area contributed by atoms with E-state index in [0.717, 1.165) is 0 Å². The van der Waals surface area contributed by atoms with Crippen LogP contribution in [0.2, 0.25) is 0 Å². The molecule has 0 bridgehead atoms. The van der Waals surface area contributed by atoms with Crippen molar-refractivity contribution < 1.29 is 19.8 Å². The lowest BCUT2D eigenvalue weighted by molar-refractivity contribution is -0.137. The second-order valence-corrected chi connectivity index (χ2v) is 5.44. The summed E-state index contributed by atoms with van der Waals surface area (Å²) in [5.74, 6) is -1.73. The van der Waals surface area contributed by atoms with E-state index in [-0.39, 0.29) is 0 Å². The maximum absolute atomic E-state index is 10.4. The SMILES string of the molecule is C[C@H](SCS[C@H](C)C(=O)O)C(=O)O. The van der Waals surface area contributed by atoms with Crippen molar-refractivity contribution in [2.45, 2.75) is 24.3 Å². The van der Waals surface area contributed by atoms with Crippen LogP contribution in [0.15, 0.2) is 0 Å². The van der Waals surface area contributed by atoms with Crippen LogP contribution in [-0.2, 0) is 9.59 Å². The Labute approximate surface area is 85.1 Å². The molecule has 0 aromatic heterocycles. The maximum atomic E-state index is 10.4. The summed E-state index contributed by atoms with van der Waals surface area (Å²) in [6.07, 6.45) is 0. The van der Waals surface area contributed by atoms with E-state index in [1.165, 1.54) is 23.5 Å². The Kier molecular flexibility index (Phi) is 5.98. The molecule has 0 aliphatic heterocycles. The zero-order chi connectivity index (χ0) is 10.4. The van der Waals surface area contributed by atoms with E-state index in [9.17, 15) is 9.59 Å². The molecular formula is C7H12O4S2. The molecule has 0 aromatic rings. The molecule has 2 atom stereocenters. The first-order valence-electron chi connectivity index (χ1n) is 3.64. The van der Waals surface area contributed by atoms with Gasteiger partial charge < -0.3 is 10.2 Å². The molecule has 0 heterocycles. The van der Waals surface area contributed by atoms with Crippen molar-refractivity contribution in [3.05, 3.63) is 0 Å². The summed E-state index contributed by atoms with van der Waals surface area (Å²) in [6, 6.07) is 0. The average molecular weight is 224 g/mol. The highest BCUT2D eigenvalue weighted by molar-refractivity contribution is 8.17. The summed E-state index contributed by atoms with van der Waals surface area (Å²) in [5.41, 5.74) is 0. The van der Waals surface area contributed by atoms with Gasteiger partial charge >= 0.3 is 11.9 Å². The van der Waals surface area contributed by atoms with E-state index in [1.807, 2.05) is 0 Å². The third kappa shape index (κ3) is 5.81. The summed E-state index contributed by atoms with van der Waals surface area (Å²) in [4.78, 5) is 20.7. The summed E-state index contributed by atoms with van der Waals surface area (Å²) in [7, 11) is 0. The molecule has 0 saturated heterocycles. The van der Waals surface area contributed by atoms with Gasteiger partial charge in [0.2, 0.25) is 0 Å². The normalized spacial score (nSPS) is 14.9. The highest BCUT2D eigenvalue weighted by Gasteiger charge is 2.14. The molecule has 0 spiro atoms. The molecule has 6 heteroatoms. The highest BCUT2D eigenvalue weighted by atomic mass is 32.2. The molecule has 0 aliphatic carbocycles. The lowest BCUT2D eigenvalue weighted by Gasteiger charge is -2.07. The molecule has 0 aliphatic rings. The number of thioether (sulfide) groups is 2.